The van der Waals surface area contributed by atoms with Gasteiger partial charge in [0.1, 0.15) is 12.1 Å². The number of aromatic nitrogens is 2. The lowest BCUT2D eigenvalue weighted by Crippen LogP contribution is -2.60. The minimum atomic E-state index is -0.978. The van der Waals surface area contributed by atoms with Gasteiger partial charge in [-0.3, -0.25) is 38.7 Å². The Morgan fingerprint density at radius 2 is 1.28 bits per heavy atom. The summed E-state index contributed by atoms with van der Waals surface area (Å²) in [6, 6.07) is 8.76. The van der Waals surface area contributed by atoms with Crippen LogP contribution in [0.5, 0.6) is 0 Å². The van der Waals surface area contributed by atoms with Crippen LogP contribution < -0.4 is 21.3 Å². The van der Waals surface area contributed by atoms with Crippen molar-refractivity contribution in [2.24, 2.45) is 28.6 Å². The van der Waals surface area contributed by atoms with Gasteiger partial charge in [-0.1, -0.05) is 135 Å². The van der Waals surface area contributed by atoms with Gasteiger partial charge < -0.3 is 35.6 Å². The predicted molar refractivity (Wildman–Crippen MR) is 291 cm³/mol. The molecule has 2 aromatic rings. The molecular formula is C60H89N7O9. The van der Waals surface area contributed by atoms with Crippen molar-refractivity contribution < 1.29 is 43.0 Å². The number of hydrogen-bond acceptors (Lipinski definition) is 11. The monoisotopic (exact) mass is 1050 g/mol. The van der Waals surface area contributed by atoms with E-state index in [1.54, 1.807) is 17.3 Å². The summed E-state index contributed by atoms with van der Waals surface area (Å²) < 4.78 is 9.65. The number of ketones is 1. The van der Waals surface area contributed by atoms with E-state index in [1.807, 2.05) is 36.4 Å². The van der Waals surface area contributed by atoms with E-state index < -0.39 is 41.3 Å². The Kier molecular flexibility index (Phi) is 22.9. The summed E-state index contributed by atoms with van der Waals surface area (Å²) in [5.41, 5.74) is 0.994. The number of carbonyl (C=O) groups is 7. The maximum Gasteiger partial charge on any atom is 0.315 e. The molecule has 4 N–H and O–H groups in total. The number of carbonyl (C=O) groups excluding carboxylic acids is 7. The number of ether oxygens (including phenoxy) is 2. The summed E-state index contributed by atoms with van der Waals surface area (Å²) in [6.45, 7) is 8.38. The molecule has 16 heteroatoms. The number of hydrogen-bond donors (Lipinski definition) is 4. The molecule has 4 aliphatic carbocycles. The van der Waals surface area contributed by atoms with Crippen molar-refractivity contribution in [2.75, 3.05) is 27.3 Å². The number of piperidine rings is 1. The molecule has 0 unspecified atom stereocenters. The second-order valence-electron chi connectivity index (χ2n) is 23.0. The van der Waals surface area contributed by atoms with E-state index in [0.29, 0.717) is 38.6 Å². The van der Waals surface area contributed by atoms with Crippen molar-refractivity contribution in [3.8, 4) is 0 Å². The molecule has 5 amide bonds. The first-order chi connectivity index (χ1) is 36.7. The van der Waals surface area contributed by atoms with E-state index in [-0.39, 0.29) is 59.0 Å². The highest BCUT2D eigenvalue weighted by atomic mass is 16.5. The smallest absolute Gasteiger partial charge is 0.315 e. The van der Waals surface area contributed by atoms with Gasteiger partial charge in [-0.25, -0.2) is 4.79 Å². The Morgan fingerprint density at radius 3 is 1.86 bits per heavy atom. The first-order valence-electron chi connectivity index (χ1n) is 28.8. The number of esters is 2. The number of urea groups is 1. The van der Waals surface area contributed by atoms with Crippen LogP contribution in [0.4, 0.5) is 4.79 Å². The number of nitrogens with one attached hydrogen (secondary N) is 4. The molecule has 2 saturated heterocycles. The zero-order valence-corrected chi connectivity index (χ0v) is 46.2. The molecule has 16 nitrogen and oxygen atoms in total. The molecule has 4 heterocycles. The van der Waals surface area contributed by atoms with E-state index in [9.17, 15) is 33.6 Å². The van der Waals surface area contributed by atoms with Crippen LogP contribution in [0.2, 0.25) is 0 Å². The minimum Gasteiger partial charge on any atom is -0.469 e. The molecule has 0 bridgehead atoms. The van der Waals surface area contributed by atoms with Gasteiger partial charge in [-0.2, -0.15) is 0 Å². The van der Waals surface area contributed by atoms with E-state index in [1.165, 1.54) is 46.0 Å². The fraction of sp³-hybridized carbons (Fsp3) is 0.683. The number of Topliss-reactive ketones (excluding diaryl/α,β-unsaturated/α-hetero) is 1. The molecule has 2 aliphatic heterocycles. The zero-order valence-electron chi connectivity index (χ0n) is 46.2. The SMILES string of the molecule is C=CCNC(=O)C(=O)[C@@H]1CCCCCCCCC[C@H](NC(=O)NC2(Cc3ccccn3)CCCCC2)C(=O)N2C[C@H]3[C@@H]([C@H]2C(=O)N1)C3(C)C.COC(=O)C1(Cc2ccccn2)CCCCC1.COC(=O)C1CCCCC1. The van der Waals surface area contributed by atoms with Gasteiger partial charge in [0, 0.05) is 55.3 Å². The zero-order chi connectivity index (χ0) is 54.6. The summed E-state index contributed by atoms with van der Waals surface area (Å²) in [4.78, 5) is 102. The molecule has 6 fully saturated rings. The van der Waals surface area contributed by atoms with E-state index in [0.717, 1.165) is 121 Å². The average molecular weight is 1050 g/mol. The van der Waals surface area contributed by atoms with Crippen LogP contribution >= 0.6 is 0 Å². The van der Waals surface area contributed by atoms with Crippen molar-refractivity contribution in [3.05, 3.63) is 72.8 Å². The van der Waals surface area contributed by atoms with Crippen LogP contribution in [0.25, 0.3) is 0 Å². The average Bonchev–Trinajstić information content (AvgIpc) is 3.75. The fourth-order valence-electron chi connectivity index (χ4n) is 12.9. The molecule has 76 heavy (non-hydrogen) atoms. The Morgan fingerprint density at radius 1 is 0.724 bits per heavy atom. The van der Waals surface area contributed by atoms with Crippen LogP contribution in [0.3, 0.4) is 0 Å². The van der Waals surface area contributed by atoms with Crippen LogP contribution in [0, 0.1) is 28.6 Å². The van der Waals surface area contributed by atoms with Gasteiger partial charge >= 0.3 is 18.0 Å². The van der Waals surface area contributed by atoms with Crippen molar-refractivity contribution in [1.82, 2.24) is 36.1 Å². The van der Waals surface area contributed by atoms with Gasteiger partial charge in [-0.15, -0.1) is 6.58 Å². The van der Waals surface area contributed by atoms with Crippen LogP contribution in [0.15, 0.2) is 61.4 Å². The standard InChI is InChI=1S/C38H56N6O5.C14H19NO2.C8H14O2/c1-4-22-40-34(47)32(45)28-18-11-8-6-5-7-9-12-19-29(35(48)44-25-27-30(37(27,2)3)31(44)33(46)41-28)42-36(49)43-38(20-14-10-15-21-38)24-26-17-13-16-23-39-26;1-17-13(16)14(8-4-2-5-9-14)11-12-7-3-6-10-15-12;1-10-8(9)7-5-3-2-4-6-7/h4,13,16-17,23,27-31H,1,5-12,14-15,18-22,24-25H2,2-3H3,(H,40,47)(H,41,46)(H2,42,43,49);3,6-7,10H,2,4-5,8-9,11H2,1H3;7H,2-6H2,1H3/t27-,28-,29-,30-,31-;;/m0../s1. The Bertz CT molecular complexity index is 2220. The maximum atomic E-state index is 14.4. The maximum absolute atomic E-state index is 14.4. The van der Waals surface area contributed by atoms with Gasteiger partial charge in [0.25, 0.3) is 5.91 Å². The highest BCUT2D eigenvalue weighted by Gasteiger charge is 2.69. The second kappa shape index (κ2) is 29.2. The summed E-state index contributed by atoms with van der Waals surface area (Å²) >= 11 is 0. The topological polar surface area (TPSA) is 215 Å². The normalized spacial score (nSPS) is 25.3. The highest BCUT2D eigenvalue weighted by Crippen LogP contribution is 2.65. The largest absolute Gasteiger partial charge is 0.469 e. The second-order valence-corrected chi connectivity index (χ2v) is 23.0. The number of nitrogens with zero attached hydrogens (tertiary/aromatic N) is 3. The van der Waals surface area contributed by atoms with Gasteiger partial charge in [-0.05, 0) is 92.9 Å². The number of fused-ring (bicyclic) bond motifs is 3. The van der Waals surface area contributed by atoms with Crippen molar-refractivity contribution >= 4 is 41.5 Å². The van der Waals surface area contributed by atoms with Gasteiger partial charge in [0.15, 0.2) is 0 Å². The van der Waals surface area contributed by atoms with E-state index in [2.05, 4.69) is 56.4 Å². The number of rotatable bonds is 12. The first-order valence-corrected chi connectivity index (χ1v) is 28.8. The molecule has 0 spiro atoms. The fourth-order valence-corrected chi connectivity index (χ4v) is 12.9. The summed E-state index contributed by atoms with van der Waals surface area (Å²) in [7, 11) is 2.95. The molecule has 8 rings (SSSR count). The minimum absolute atomic E-state index is 0.0142. The third-order valence-corrected chi connectivity index (χ3v) is 17.4. The molecule has 4 saturated carbocycles. The van der Waals surface area contributed by atoms with Gasteiger partial charge in [0.2, 0.25) is 17.6 Å². The Balaban J connectivity index is 0.000000280. The van der Waals surface area contributed by atoms with Crippen molar-refractivity contribution in [1.29, 1.82) is 0 Å². The van der Waals surface area contributed by atoms with E-state index in [4.69, 9.17) is 4.74 Å². The molecule has 2 aromatic heterocycles. The van der Waals surface area contributed by atoms with Gasteiger partial charge in [0.05, 0.1) is 31.6 Å². The molecule has 5 atom stereocenters. The molecule has 0 radical (unpaired) electrons. The number of pyridine rings is 2. The molecular weight excluding hydrogens is 963 g/mol. The Labute approximate surface area is 452 Å². The molecule has 0 aromatic carbocycles. The number of methoxy groups -OCH3 is 2. The van der Waals surface area contributed by atoms with Crippen LogP contribution in [-0.2, 0) is 51.1 Å². The van der Waals surface area contributed by atoms with Crippen molar-refractivity contribution in [2.45, 2.75) is 204 Å². The molecule has 6 aliphatic rings. The van der Waals surface area contributed by atoms with Crippen LogP contribution in [-0.4, -0.2) is 107 Å². The van der Waals surface area contributed by atoms with Crippen molar-refractivity contribution in [3.63, 3.8) is 0 Å². The lowest BCUT2D eigenvalue weighted by Gasteiger charge is -2.39. The summed E-state index contributed by atoms with van der Waals surface area (Å²) in [5.74, 6) is -1.92. The lowest BCUT2D eigenvalue weighted by molar-refractivity contribution is -0.155. The lowest BCUT2D eigenvalue weighted by atomic mass is 9.71. The highest BCUT2D eigenvalue weighted by molar-refractivity contribution is 6.38. The van der Waals surface area contributed by atoms with Crippen LogP contribution in [0.1, 0.15) is 179 Å². The third-order valence-electron chi connectivity index (χ3n) is 17.4. The quantitative estimate of drug-likeness (QED) is 0.0895. The first kappa shape index (κ1) is 59.6. The van der Waals surface area contributed by atoms with E-state index >= 15 is 0 Å². The third kappa shape index (κ3) is 16.4. The summed E-state index contributed by atoms with van der Waals surface area (Å²) in [6.07, 6.45) is 29.4. The molecule has 418 valence electrons. The predicted octanol–water partition coefficient (Wildman–Crippen LogP) is 8.85. The Hall–Kier alpha value is -5.67. The number of amides is 5. The summed E-state index contributed by atoms with van der Waals surface area (Å²) in [5, 5.41) is 11.8.